The highest BCUT2D eigenvalue weighted by molar-refractivity contribution is 7.99. The molecule has 1 nitrogen and oxygen atoms in total. The number of carbonyl (C=O) groups excluding carboxylic acids is 1. The predicted octanol–water partition coefficient (Wildman–Crippen LogP) is 8.58. The van der Waals surface area contributed by atoms with E-state index < -0.39 is 0 Å². The molecule has 0 spiro atoms. The number of hydrogen-bond acceptors (Lipinski definition) is 2. The standard InChI is InChI=1S/C25H33ClOS/c1-2-3-4-5-6-7-8-9-10-11-20-28-24-18-14-22(15-19-24)25(27)21-12-16-23(26)17-13-21/h12-19H,2-11,20H2,1H3. The van der Waals surface area contributed by atoms with Crippen molar-refractivity contribution in [3.63, 3.8) is 0 Å². The van der Waals surface area contributed by atoms with Crippen LogP contribution in [0, 0.1) is 0 Å². The van der Waals surface area contributed by atoms with Crippen LogP contribution < -0.4 is 0 Å². The van der Waals surface area contributed by atoms with Crippen LogP contribution in [-0.2, 0) is 0 Å². The summed E-state index contributed by atoms with van der Waals surface area (Å²) in [5.74, 6) is 1.20. The third-order valence-corrected chi connectivity index (χ3v) is 6.34. The van der Waals surface area contributed by atoms with Gasteiger partial charge in [-0.3, -0.25) is 4.79 Å². The molecule has 2 aromatic rings. The highest BCUT2D eigenvalue weighted by Gasteiger charge is 2.08. The molecule has 2 aromatic carbocycles. The Labute approximate surface area is 180 Å². The van der Waals surface area contributed by atoms with Gasteiger partial charge in [-0.2, -0.15) is 0 Å². The van der Waals surface area contributed by atoms with Crippen molar-refractivity contribution in [2.75, 3.05) is 5.75 Å². The molecule has 0 aliphatic carbocycles. The number of benzene rings is 2. The van der Waals surface area contributed by atoms with Gasteiger partial charge in [0.25, 0.3) is 0 Å². The Morgan fingerprint density at radius 3 is 1.71 bits per heavy atom. The largest absolute Gasteiger partial charge is 0.289 e. The van der Waals surface area contributed by atoms with Crippen molar-refractivity contribution in [2.45, 2.75) is 76.0 Å². The van der Waals surface area contributed by atoms with E-state index in [9.17, 15) is 4.79 Å². The Morgan fingerprint density at radius 2 is 1.18 bits per heavy atom. The van der Waals surface area contributed by atoms with Crippen molar-refractivity contribution >= 4 is 29.1 Å². The molecule has 0 aromatic heterocycles. The van der Waals surface area contributed by atoms with E-state index in [0.29, 0.717) is 10.6 Å². The summed E-state index contributed by atoms with van der Waals surface area (Å²) in [6, 6.07) is 15.0. The maximum atomic E-state index is 12.5. The van der Waals surface area contributed by atoms with Gasteiger partial charge in [0, 0.05) is 21.0 Å². The first-order valence-electron chi connectivity index (χ1n) is 10.7. The van der Waals surface area contributed by atoms with Gasteiger partial charge in [0.15, 0.2) is 5.78 Å². The highest BCUT2D eigenvalue weighted by Crippen LogP contribution is 2.22. The lowest BCUT2D eigenvalue weighted by molar-refractivity contribution is 0.103. The number of unbranched alkanes of at least 4 members (excludes halogenated alkanes) is 9. The Morgan fingerprint density at radius 1 is 0.714 bits per heavy atom. The van der Waals surface area contributed by atoms with Gasteiger partial charge in [-0.25, -0.2) is 0 Å². The summed E-state index contributed by atoms with van der Waals surface area (Å²) < 4.78 is 0. The van der Waals surface area contributed by atoms with Crippen molar-refractivity contribution in [3.05, 3.63) is 64.7 Å². The second-order valence-electron chi connectivity index (χ2n) is 7.39. The molecule has 0 aliphatic rings. The quantitative estimate of drug-likeness (QED) is 0.174. The maximum Gasteiger partial charge on any atom is 0.193 e. The second kappa shape index (κ2) is 13.8. The van der Waals surface area contributed by atoms with Crippen LogP contribution in [0.15, 0.2) is 53.4 Å². The Hall–Kier alpha value is -1.25. The molecule has 0 aliphatic heterocycles. The summed E-state index contributed by atoms with van der Waals surface area (Å²) in [5, 5.41) is 0.648. The Balaban J connectivity index is 1.59. The first-order valence-corrected chi connectivity index (χ1v) is 12.1. The van der Waals surface area contributed by atoms with Crippen LogP contribution in [-0.4, -0.2) is 11.5 Å². The average Bonchev–Trinajstić information content (AvgIpc) is 2.72. The molecule has 2 rings (SSSR count). The molecular weight excluding hydrogens is 384 g/mol. The van der Waals surface area contributed by atoms with Gasteiger partial charge in [0.05, 0.1) is 0 Å². The highest BCUT2D eigenvalue weighted by atomic mass is 35.5. The zero-order chi connectivity index (χ0) is 20.0. The number of ketones is 1. The molecule has 0 bridgehead atoms. The van der Waals surface area contributed by atoms with E-state index in [1.807, 2.05) is 23.9 Å². The molecule has 0 unspecified atom stereocenters. The van der Waals surface area contributed by atoms with Crippen LogP contribution in [0.5, 0.6) is 0 Å². The minimum Gasteiger partial charge on any atom is -0.289 e. The monoisotopic (exact) mass is 416 g/mol. The van der Waals surface area contributed by atoms with Crippen molar-refractivity contribution in [1.29, 1.82) is 0 Å². The normalized spacial score (nSPS) is 10.9. The van der Waals surface area contributed by atoms with E-state index in [2.05, 4.69) is 19.1 Å². The maximum absolute atomic E-state index is 12.5. The number of thioether (sulfide) groups is 1. The summed E-state index contributed by atoms with van der Waals surface area (Å²) in [5.41, 5.74) is 1.40. The summed E-state index contributed by atoms with van der Waals surface area (Å²) in [6.45, 7) is 2.27. The smallest absolute Gasteiger partial charge is 0.193 e. The lowest BCUT2D eigenvalue weighted by Crippen LogP contribution is -2.00. The summed E-state index contributed by atoms with van der Waals surface area (Å²) in [4.78, 5) is 13.7. The van der Waals surface area contributed by atoms with Crippen LogP contribution in [0.1, 0.15) is 87.1 Å². The van der Waals surface area contributed by atoms with Crippen LogP contribution in [0.3, 0.4) is 0 Å². The topological polar surface area (TPSA) is 17.1 Å². The Kier molecular flexibility index (Phi) is 11.4. The van der Waals surface area contributed by atoms with Gasteiger partial charge in [-0.1, -0.05) is 76.3 Å². The van der Waals surface area contributed by atoms with Gasteiger partial charge < -0.3 is 0 Å². The zero-order valence-corrected chi connectivity index (χ0v) is 18.7. The first kappa shape index (κ1) is 23.0. The Bertz CT molecular complexity index is 679. The van der Waals surface area contributed by atoms with Crippen molar-refractivity contribution in [3.8, 4) is 0 Å². The molecule has 0 heterocycles. The molecular formula is C25H33ClOS. The zero-order valence-electron chi connectivity index (χ0n) is 17.1. The minimum atomic E-state index is 0.0444. The summed E-state index contributed by atoms with van der Waals surface area (Å²) >= 11 is 7.78. The molecule has 0 saturated carbocycles. The summed E-state index contributed by atoms with van der Waals surface area (Å²) in [7, 11) is 0. The molecule has 28 heavy (non-hydrogen) atoms. The van der Waals surface area contributed by atoms with Crippen molar-refractivity contribution in [1.82, 2.24) is 0 Å². The predicted molar refractivity (Wildman–Crippen MR) is 124 cm³/mol. The fourth-order valence-corrected chi connectivity index (χ4v) is 4.29. The van der Waals surface area contributed by atoms with Gasteiger partial charge in [-0.05, 0) is 60.7 Å². The molecule has 0 amide bonds. The average molecular weight is 417 g/mol. The molecule has 0 atom stereocenters. The third-order valence-electron chi connectivity index (χ3n) is 4.99. The SMILES string of the molecule is CCCCCCCCCCCCSc1ccc(C(=O)c2ccc(Cl)cc2)cc1. The van der Waals surface area contributed by atoms with E-state index in [-0.39, 0.29) is 5.78 Å². The lowest BCUT2D eigenvalue weighted by Gasteiger charge is -2.05. The fourth-order valence-electron chi connectivity index (χ4n) is 3.25. The van der Waals surface area contributed by atoms with Gasteiger partial charge in [0.1, 0.15) is 0 Å². The second-order valence-corrected chi connectivity index (χ2v) is 9.00. The molecule has 0 radical (unpaired) electrons. The molecule has 152 valence electrons. The van der Waals surface area contributed by atoms with Crippen LogP contribution >= 0.6 is 23.4 Å². The number of hydrogen-bond donors (Lipinski definition) is 0. The molecule has 0 saturated heterocycles. The van der Waals surface area contributed by atoms with E-state index >= 15 is 0 Å². The fraction of sp³-hybridized carbons (Fsp3) is 0.480. The molecule has 0 fully saturated rings. The van der Waals surface area contributed by atoms with Crippen molar-refractivity contribution in [2.24, 2.45) is 0 Å². The van der Waals surface area contributed by atoms with E-state index in [1.54, 1.807) is 24.3 Å². The number of carbonyl (C=O) groups is 1. The number of rotatable bonds is 14. The first-order chi connectivity index (χ1) is 13.7. The van der Waals surface area contributed by atoms with Gasteiger partial charge in [0.2, 0.25) is 0 Å². The number of halogens is 1. The summed E-state index contributed by atoms with van der Waals surface area (Å²) in [6.07, 6.45) is 13.7. The molecule has 3 heteroatoms. The van der Waals surface area contributed by atoms with E-state index in [4.69, 9.17) is 11.6 Å². The molecule has 0 N–H and O–H groups in total. The van der Waals surface area contributed by atoms with Crippen LogP contribution in [0.2, 0.25) is 5.02 Å². The van der Waals surface area contributed by atoms with Gasteiger partial charge >= 0.3 is 0 Å². The van der Waals surface area contributed by atoms with Crippen LogP contribution in [0.4, 0.5) is 0 Å². The van der Waals surface area contributed by atoms with E-state index in [1.165, 1.54) is 69.1 Å². The lowest BCUT2D eigenvalue weighted by atomic mass is 10.0. The van der Waals surface area contributed by atoms with Crippen molar-refractivity contribution < 1.29 is 4.79 Å². The van der Waals surface area contributed by atoms with E-state index in [0.717, 1.165) is 11.3 Å². The van der Waals surface area contributed by atoms with Crippen LogP contribution in [0.25, 0.3) is 0 Å². The minimum absolute atomic E-state index is 0.0444. The third kappa shape index (κ3) is 8.84. The van der Waals surface area contributed by atoms with Gasteiger partial charge in [-0.15, -0.1) is 11.8 Å².